The predicted octanol–water partition coefficient (Wildman–Crippen LogP) is 2.78. The van der Waals surface area contributed by atoms with E-state index in [0.717, 1.165) is 0 Å². The number of carbonyl (C=O) groups is 1. The molecule has 0 atom stereocenters. The number of hydrogen-bond acceptors (Lipinski definition) is 4. The van der Waals surface area contributed by atoms with Gasteiger partial charge >= 0.3 is 0 Å². The molecule has 0 radical (unpaired) electrons. The standard InChI is InChI=1S/C13H11FN2O2S2/c1-18-8-5-11(20-6-8)13(17)16-10-3-2-7(12(15)19)4-9(10)14/h2-6H,1H3,(H2,15,19)(H,16,17). The van der Waals surface area contributed by atoms with Gasteiger partial charge in [-0.25, -0.2) is 4.39 Å². The van der Waals surface area contributed by atoms with Crippen LogP contribution in [-0.4, -0.2) is 18.0 Å². The maximum Gasteiger partial charge on any atom is 0.265 e. The third-order valence-corrected chi connectivity index (χ3v) is 3.68. The van der Waals surface area contributed by atoms with E-state index in [0.29, 0.717) is 16.2 Å². The monoisotopic (exact) mass is 310 g/mol. The SMILES string of the molecule is COc1csc(C(=O)Nc2ccc(C(N)=S)cc2F)c1. The average Bonchev–Trinajstić information content (AvgIpc) is 2.89. The molecule has 1 aromatic heterocycles. The van der Waals surface area contributed by atoms with Crippen molar-refractivity contribution in [3.05, 3.63) is 45.9 Å². The molecule has 104 valence electrons. The van der Waals surface area contributed by atoms with Crippen LogP contribution in [0.4, 0.5) is 10.1 Å². The molecule has 4 nitrogen and oxygen atoms in total. The summed E-state index contributed by atoms with van der Waals surface area (Å²) in [5.74, 6) is -0.406. The average molecular weight is 310 g/mol. The van der Waals surface area contributed by atoms with Crippen molar-refractivity contribution in [2.75, 3.05) is 12.4 Å². The quantitative estimate of drug-likeness (QED) is 0.852. The molecular formula is C13H11FN2O2S2. The number of halogens is 1. The summed E-state index contributed by atoms with van der Waals surface area (Å²) < 4.78 is 18.8. The highest BCUT2D eigenvalue weighted by molar-refractivity contribution is 7.80. The number of methoxy groups -OCH3 is 1. The first-order valence-corrected chi connectivity index (χ1v) is 6.83. The first kappa shape index (κ1) is 14.4. The Bertz CT molecular complexity index is 670. The maximum atomic E-state index is 13.8. The number of benzene rings is 1. The van der Waals surface area contributed by atoms with Crippen molar-refractivity contribution in [3.63, 3.8) is 0 Å². The highest BCUT2D eigenvalue weighted by atomic mass is 32.1. The number of anilines is 1. The van der Waals surface area contributed by atoms with Gasteiger partial charge in [-0.2, -0.15) is 0 Å². The van der Waals surface area contributed by atoms with Gasteiger partial charge in [0.25, 0.3) is 5.91 Å². The molecule has 0 aliphatic rings. The predicted molar refractivity (Wildman–Crippen MR) is 81.1 cm³/mol. The lowest BCUT2D eigenvalue weighted by atomic mass is 10.2. The van der Waals surface area contributed by atoms with E-state index in [2.05, 4.69) is 5.32 Å². The van der Waals surface area contributed by atoms with Gasteiger partial charge in [0.05, 0.1) is 17.7 Å². The number of rotatable bonds is 4. The Balaban J connectivity index is 2.17. The molecule has 0 fully saturated rings. The zero-order valence-electron chi connectivity index (χ0n) is 10.5. The first-order chi connectivity index (χ1) is 9.51. The van der Waals surface area contributed by atoms with E-state index in [1.807, 2.05) is 0 Å². The van der Waals surface area contributed by atoms with Gasteiger partial charge in [-0.15, -0.1) is 11.3 Å². The lowest BCUT2D eigenvalue weighted by Crippen LogP contribution is -2.13. The van der Waals surface area contributed by atoms with Crippen molar-refractivity contribution in [1.82, 2.24) is 0 Å². The molecule has 0 unspecified atom stereocenters. The summed E-state index contributed by atoms with van der Waals surface area (Å²) in [7, 11) is 1.51. The molecule has 0 saturated carbocycles. The molecule has 2 aromatic rings. The van der Waals surface area contributed by atoms with Crippen LogP contribution in [0.15, 0.2) is 29.6 Å². The molecule has 0 spiro atoms. The Morgan fingerprint density at radius 1 is 1.45 bits per heavy atom. The second kappa shape index (κ2) is 5.98. The second-order valence-corrected chi connectivity index (χ2v) is 5.21. The topological polar surface area (TPSA) is 64.3 Å². The summed E-state index contributed by atoms with van der Waals surface area (Å²) in [6.07, 6.45) is 0. The number of nitrogens with two attached hydrogens (primary N) is 1. The second-order valence-electron chi connectivity index (χ2n) is 3.86. The minimum absolute atomic E-state index is 0.0716. The normalized spacial score (nSPS) is 10.1. The molecule has 1 aromatic carbocycles. The van der Waals surface area contributed by atoms with Crippen molar-refractivity contribution in [2.24, 2.45) is 5.73 Å². The van der Waals surface area contributed by atoms with Gasteiger partial charge in [0.2, 0.25) is 0 Å². The number of nitrogens with one attached hydrogen (secondary N) is 1. The van der Waals surface area contributed by atoms with Gasteiger partial charge in [0.1, 0.15) is 16.6 Å². The summed E-state index contributed by atoms with van der Waals surface area (Å²) in [6.45, 7) is 0. The summed E-state index contributed by atoms with van der Waals surface area (Å²) >= 11 is 5.97. The molecule has 0 aliphatic heterocycles. The van der Waals surface area contributed by atoms with E-state index in [4.69, 9.17) is 22.7 Å². The summed E-state index contributed by atoms with van der Waals surface area (Å²) in [5.41, 5.74) is 5.89. The third kappa shape index (κ3) is 3.12. The lowest BCUT2D eigenvalue weighted by Gasteiger charge is -2.06. The zero-order valence-corrected chi connectivity index (χ0v) is 12.1. The Morgan fingerprint density at radius 3 is 2.75 bits per heavy atom. The number of carbonyl (C=O) groups excluding carboxylic acids is 1. The van der Waals surface area contributed by atoms with Gasteiger partial charge in [-0.05, 0) is 18.2 Å². The Kier molecular flexibility index (Phi) is 4.31. The lowest BCUT2D eigenvalue weighted by molar-refractivity contribution is 0.103. The van der Waals surface area contributed by atoms with E-state index in [9.17, 15) is 9.18 Å². The van der Waals surface area contributed by atoms with E-state index in [-0.39, 0.29) is 10.7 Å². The number of thiocarbonyl (C=S) groups is 1. The van der Waals surface area contributed by atoms with Crippen LogP contribution < -0.4 is 15.8 Å². The van der Waals surface area contributed by atoms with E-state index in [1.165, 1.54) is 30.6 Å². The van der Waals surface area contributed by atoms with Crippen LogP contribution in [0.2, 0.25) is 0 Å². The summed E-state index contributed by atoms with van der Waals surface area (Å²) in [5, 5.41) is 4.18. The molecule has 0 aliphatic carbocycles. The van der Waals surface area contributed by atoms with E-state index in [1.54, 1.807) is 17.5 Å². The largest absolute Gasteiger partial charge is 0.496 e. The molecule has 1 heterocycles. The van der Waals surface area contributed by atoms with Crippen LogP contribution >= 0.6 is 23.6 Å². The van der Waals surface area contributed by atoms with Crippen molar-refractivity contribution < 1.29 is 13.9 Å². The van der Waals surface area contributed by atoms with Gasteiger partial charge in [-0.1, -0.05) is 12.2 Å². The van der Waals surface area contributed by atoms with Crippen LogP contribution in [0.3, 0.4) is 0 Å². The number of amides is 1. The summed E-state index contributed by atoms with van der Waals surface area (Å²) in [6, 6.07) is 5.75. The Labute approximate surface area is 124 Å². The van der Waals surface area contributed by atoms with Gasteiger partial charge < -0.3 is 15.8 Å². The Hall–Kier alpha value is -1.99. The van der Waals surface area contributed by atoms with Crippen LogP contribution in [0.1, 0.15) is 15.2 Å². The number of hydrogen-bond donors (Lipinski definition) is 2. The van der Waals surface area contributed by atoms with Crippen molar-refractivity contribution in [1.29, 1.82) is 0 Å². The zero-order chi connectivity index (χ0) is 14.7. The van der Waals surface area contributed by atoms with Crippen molar-refractivity contribution >= 4 is 40.1 Å². The highest BCUT2D eigenvalue weighted by Crippen LogP contribution is 2.23. The van der Waals surface area contributed by atoms with Gasteiger partial charge in [0.15, 0.2) is 0 Å². The molecule has 3 N–H and O–H groups in total. The fourth-order valence-electron chi connectivity index (χ4n) is 1.50. The van der Waals surface area contributed by atoms with Crippen LogP contribution in [0, 0.1) is 5.82 Å². The maximum absolute atomic E-state index is 13.8. The smallest absolute Gasteiger partial charge is 0.265 e. The minimum atomic E-state index is -0.591. The molecule has 1 amide bonds. The molecule has 20 heavy (non-hydrogen) atoms. The first-order valence-electron chi connectivity index (χ1n) is 5.54. The molecular weight excluding hydrogens is 299 g/mol. The fourth-order valence-corrected chi connectivity index (χ4v) is 2.38. The fraction of sp³-hybridized carbons (Fsp3) is 0.0769. The van der Waals surface area contributed by atoms with Gasteiger partial charge in [0, 0.05) is 17.0 Å². The van der Waals surface area contributed by atoms with Crippen LogP contribution in [0.25, 0.3) is 0 Å². The van der Waals surface area contributed by atoms with Crippen molar-refractivity contribution in [2.45, 2.75) is 0 Å². The minimum Gasteiger partial charge on any atom is -0.496 e. The van der Waals surface area contributed by atoms with E-state index >= 15 is 0 Å². The number of thiophene rings is 1. The molecule has 2 rings (SSSR count). The van der Waals surface area contributed by atoms with Crippen molar-refractivity contribution in [3.8, 4) is 5.75 Å². The van der Waals surface area contributed by atoms with E-state index < -0.39 is 11.7 Å². The molecule has 0 bridgehead atoms. The highest BCUT2D eigenvalue weighted by Gasteiger charge is 2.13. The number of ether oxygens (including phenoxy) is 1. The summed E-state index contributed by atoms with van der Waals surface area (Å²) in [4.78, 5) is 12.5. The molecule has 0 saturated heterocycles. The Morgan fingerprint density at radius 2 is 2.20 bits per heavy atom. The molecule has 7 heteroatoms. The van der Waals surface area contributed by atoms with Crippen LogP contribution in [0.5, 0.6) is 5.75 Å². The van der Waals surface area contributed by atoms with Crippen LogP contribution in [-0.2, 0) is 0 Å². The third-order valence-electron chi connectivity index (χ3n) is 2.54. The van der Waals surface area contributed by atoms with Gasteiger partial charge in [-0.3, -0.25) is 4.79 Å².